The van der Waals surface area contributed by atoms with Crippen LogP contribution in [0.25, 0.3) is 0 Å². The summed E-state index contributed by atoms with van der Waals surface area (Å²) < 4.78 is 0. The summed E-state index contributed by atoms with van der Waals surface area (Å²) in [5.41, 5.74) is 0. The summed E-state index contributed by atoms with van der Waals surface area (Å²) >= 11 is 0. The summed E-state index contributed by atoms with van der Waals surface area (Å²) in [6, 6.07) is 0.519. The van der Waals surface area contributed by atoms with Gasteiger partial charge in [-0.25, -0.2) is 0 Å². The van der Waals surface area contributed by atoms with E-state index in [1.807, 2.05) is 13.8 Å². The fourth-order valence-electron chi connectivity index (χ4n) is 1.24. The molecule has 0 aliphatic carbocycles. The van der Waals surface area contributed by atoms with Crippen LogP contribution in [0.1, 0.15) is 47.5 Å². The first-order valence-corrected chi connectivity index (χ1v) is 5.85. The van der Waals surface area contributed by atoms with Gasteiger partial charge in [-0.15, -0.1) is 0 Å². The first-order chi connectivity index (χ1) is 6.43. The van der Waals surface area contributed by atoms with E-state index in [1.165, 1.54) is 12.8 Å². The van der Waals surface area contributed by atoms with Crippen molar-refractivity contribution >= 4 is 0 Å². The molecule has 0 heterocycles. The summed E-state index contributed by atoms with van der Waals surface area (Å²) in [4.78, 5) is 0. The number of nitrogens with one attached hydrogen (secondary N) is 1. The van der Waals surface area contributed by atoms with Gasteiger partial charge in [0.1, 0.15) is 0 Å². The van der Waals surface area contributed by atoms with Gasteiger partial charge in [0.05, 0.1) is 6.10 Å². The summed E-state index contributed by atoms with van der Waals surface area (Å²) in [6.45, 7) is 11.5. The van der Waals surface area contributed by atoms with Crippen molar-refractivity contribution < 1.29 is 5.11 Å². The summed E-state index contributed by atoms with van der Waals surface area (Å²) in [7, 11) is 0. The third kappa shape index (κ3) is 7.34. The molecule has 86 valence electrons. The van der Waals surface area contributed by atoms with Crippen molar-refractivity contribution in [3.8, 4) is 0 Å². The molecular weight excluding hydrogens is 174 g/mol. The van der Waals surface area contributed by atoms with Crippen LogP contribution in [-0.2, 0) is 0 Å². The Morgan fingerprint density at radius 2 is 1.57 bits per heavy atom. The van der Waals surface area contributed by atoms with Crippen LogP contribution in [0.2, 0.25) is 0 Å². The lowest BCUT2D eigenvalue weighted by molar-refractivity contribution is 0.120. The van der Waals surface area contributed by atoms with Gasteiger partial charge in [-0.05, 0) is 31.6 Å². The molecule has 2 unspecified atom stereocenters. The van der Waals surface area contributed by atoms with Gasteiger partial charge in [0.2, 0.25) is 0 Å². The van der Waals surface area contributed by atoms with E-state index in [0.717, 1.165) is 12.5 Å². The molecule has 0 aliphatic rings. The molecule has 0 aromatic carbocycles. The molecule has 2 heteroatoms. The first kappa shape index (κ1) is 13.9. The minimum Gasteiger partial charge on any atom is -0.392 e. The van der Waals surface area contributed by atoms with Crippen LogP contribution in [0.4, 0.5) is 0 Å². The van der Waals surface area contributed by atoms with Gasteiger partial charge < -0.3 is 10.4 Å². The zero-order valence-corrected chi connectivity index (χ0v) is 10.4. The summed E-state index contributed by atoms with van der Waals surface area (Å²) in [6.07, 6.45) is 2.24. The number of aliphatic hydroxyl groups excluding tert-OH is 1. The molecule has 0 saturated heterocycles. The van der Waals surface area contributed by atoms with E-state index in [2.05, 4.69) is 26.1 Å². The Morgan fingerprint density at radius 1 is 1.00 bits per heavy atom. The molecule has 0 fully saturated rings. The van der Waals surface area contributed by atoms with E-state index < -0.39 is 0 Å². The number of hydrogen-bond acceptors (Lipinski definition) is 2. The van der Waals surface area contributed by atoms with Crippen LogP contribution in [0.5, 0.6) is 0 Å². The third-order valence-electron chi connectivity index (χ3n) is 2.62. The molecule has 0 radical (unpaired) electrons. The molecule has 2 atom stereocenters. The summed E-state index contributed by atoms with van der Waals surface area (Å²) in [5.74, 6) is 1.12. The highest BCUT2D eigenvalue weighted by Crippen LogP contribution is 2.07. The molecule has 0 saturated carbocycles. The van der Waals surface area contributed by atoms with Gasteiger partial charge in [0.15, 0.2) is 0 Å². The highest BCUT2D eigenvalue weighted by molar-refractivity contribution is 4.68. The van der Waals surface area contributed by atoms with Crippen molar-refractivity contribution in [2.24, 2.45) is 11.8 Å². The Labute approximate surface area is 89.1 Å². The van der Waals surface area contributed by atoms with Gasteiger partial charge in [-0.2, -0.15) is 0 Å². The van der Waals surface area contributed by atoms with Crippen molar-refractivity contribution in [1.82, 2.24) is 5.32 Å². The zero-order valence-electron chi connectivity index (χ0n) is 10.4. The predicted octanol–water partition coefficient (Wildman–Crippen LogP) is 2.42. The lowest BCUT2D eigenvalue weighted by Gasteiger charge is -2.19. The Bertz CT molecular complexity index is 134. The smallest absolute Gasteiger partial charge is 0.0687 e. The van der Waals surface area contributed by atoms with Gasteiger partial charge in [-0.1, -0.05) is 27.7 Å². The molecule has 0 rings (SSSR count). The number of rotatable bonds is 7. The largest absolute Gasteiger partial charge is 0.392 e. The van der Waals surface area contributed by atoms with Crippen molar-refractivity contribution in [1.29, 1.82) is 0 Å². The molecule has 0 aromatic rings. The maximum atomic E-state index is 9.59. The van der Waals surface area contributed by atoms with Crippen LogP contribution in [-0.4, -0.2) is 23.8 Å². The van der Waals surface area contributed by atoms with Crippen molar-refractivity contribution in [3.63, 3.8) is 0 Å². The van der Waals surface area contributed by atoms with Crippen LogP contribution in [0.15, 0.2) is 0 Å². The average Bonchev–Trinajstić information content (AvgIpc) is 2.10. The second-order valence-electron chi connectivity index (χ2n) is 5.09. The second-order valence-corrected chi connectivity index (χ2v) is 5.09. The van der Waals surface area contributed by atoms with Gasteiger partial charge >= 0.3 is 0 Å². The van der Waals surface area contributed by atoms with E-state index in [9.17, 15) is 5.11 Å². The minimum absolute atomic E-state index is 0.212. The van der Waals surface area contributed by atoms with Crippen molar-refractivity contribution in [2.75, 3.05) is 6.54 Å². The molecule has 14 heavy (non-hydrogen) atoms. The molecule has 2 N–H and O–H groups in total. The fourth-order valence-corrected chi connectivity index (χ4v) is 1.24. The van der Waals surface area contributed by atoms with Gasteiger partial charge in [0, 0.05) is 12.6 Å². The summed E-state index contributed by atoms with van der Waals surface area (Å²) in [5, 5.41) is 13.0. The number of aliphatic hydroxyl groups is 1. The topological polar surface area (TPSA) is 32.3 Å². The third-order valence-corrected chi connectivity index (χ3v) is 2.62. The quantitative estimate of drug-likeness (QED) is 0.663. The van der Waals surface area contributed by atoms with E-state index in [0.29, 0.717) is 12.0 Å². The standard InChI is InChI=1S/C12H27NO/c1-9(2)6-7-11(5)13-8-12(14)10(3)4/h9-14H,6-8H2,1-5H3. The van der Waals surface area contributed by atoms with E-state index >= 15 is 0 Å². The van der Waals surface area contributed by atoms with Gasteiger partial charge in [-0.3, -0.25) is 0 Å². The maximum absolute atomic E-state index is 9.59. The number of hydrogen-bond donors (Lipinski definition) is 2. The Morgan fingerprint density at radius 3 is 2.00 bits per heavy atom. The normalized spacial score (nSPS) is 16.3. The SMILES string of the molecule is CC(C)CCC(C)NCC(O)C(C)C. The highest BCUT2D eigenvalue weighted by atomic mass is 16.3. The molecule has 2 nitrogen and oxygen atoms in total. The van der Waals surface area contributed by atoms with Crippen LogP contribution < -0.4 is 5.32 Å². The molecular formula is C12H27NO. The Kier molecular flexibility index (Phi) is 7.20. The van der Waals surface area contributed by atoms with Gasteiger partial charge in [0.25, 0.3) is 0 Å². The fraction of sp³-hybridized carbons (Fsp3) is 1.00. The highest BCUT2D eigenvalue weighted by Gasteiger charge is 2.10. The maximum Gasteiger partial charge on any atom is 0.0687 e. The molecule has 0 amide bonds. The first-order valence-electron chi connectivity index (χ1n) is 5.85. The lowest BCUT2D eigenvalue weighted by Crippen LogP contribution is -2.36. The van der Waals surface area contributed by atoms with Crippen molar-refractivity contribution in [2.45, 2.75) is 59.6 Å². The zero-order chi connectivity index (χ0) is 11.1. The van der Waals surface area contributed by atoms with E-state index in [1.54, 1.807) is 0 Å². The molecule has 0 spiro atoms. The van der Waals surface area contributed by atoms with Crippen molar-refractivity contribution in [3.05, 3.63) is 0 Å². The Balaban J connectivity index is 3.48. The molecule has 0 bridgehead atoms. The minimum atomic E-state index is -0.212. The second kappa shape index (κ2) is 7.24. The lowest BCUT2D eigenvalue weighted by atomic mass is 10.0. The van der Waals surface area contributed by atoms with E-state index in [4.69, 9.17) is 0 Å². The van der Waals surface area contributed by atoms with Crippen LogP contribution in [0, 0.1) is 11.8 Å². The average molecular weight is 201 g/mol. The molecule has 0 aromatic heterocycles. The van der Waals surface area contributed by atoms with Crippen LogP contribution >= 0.6 is 0 Å². The van der Waals surface area contributed by atoms with Crippen LogP contribution in [0.3, 0.4) is 0 Å². The molecule has 0 aliphatic heterocycles. The Hall–Kier alpha value is -0.0800. The van der Waals surface area contributed by atoms with E-state index in [-0.39, 0.29) is 6.10 Å². The monoisotopic (exact) mass is 201 g/mol. The predicted molar refractivity (Wildman–Crippen MR) is 62.4 cm³/mol.